The van der Waals surface area contributed by atoms with Gasteiger partial charge in [0.15, 0.2) is 0 Å². The molecule has 1 aliphatic carbocycles. The minimum Gasteiger partial charge on any atom is -0.374 e. The van der Waals surface area contributed by atoms with Crippen molar-refractivity contribution in [2.75, 3.05) is 33.2 Å². The summed E-state index contributed by atoms with van der Waals surface area (Å²) in [5.74, 6) is 0. The van der Waals surface area contributed by atoms with Crippen molar-refractivity contribution in [1.29, 1.82) is 0 Å². The Bertz CT molecular complexity index is 1230. The number of piperazine rings is 1. The Morgan fingerprint density at radius 2 is 1.89 bits per heavy atom. The van der Waals surface area contributed by atoms with E-state index in [2.05, 4.69) is 44.0 Å². The SMILES string of the molecule is Cc1cc(C)c(CNC(O)c2cc(CN3CCN(C)CC3)cc3c2cnn3C2CCCC2)c(=O)[nH]1. The van der Waals surface area contributed by atoms with Gasteiger partial charge in [0.1, 0.15) is 6.23 Å². The van der Waals surface area contributed by atoms with Gasteiger partial charge in [-0.15, -0.1) is 0 Å². The molecular weight excluding hydrogens is 440 g/mol. The van der Waals surface area contributed by atoms with Gasteiger partial charge in [-0.1, -0.05) is 12.8 Å². The first-order valence-corrected chi connectivity index (χ1v) is 12.9. The lowest BCUT2D eigenvalue weighted by atomic mass is 10.0. The minimum atomic E-state index is -0.897. The average Bonchev–Trinajstić information content (AvgIpc) is 3.49. The van der Waals surface area contributed by atoms with Gasteiger partial charge in [-0.25, -0.2) is 0 Å². The van der Waals surface area contributed by atoms with Crippen molar-refractivity contribution in [1.82, 2.24) is 29.9 Å². The second-order valence-electron chi connectivity index (χ2n) is 10.5. The number of hydrogen-bond donors (Lipinski definition) is 3. The summed E-state index contributed by atoms with van der Waals surface area (Å²) in [6.07, 6.45) is 5.81. The number of aromatic amines is 1. The van der Waals surface area contributed by atoms with Crippen LogP contribution in [0.2, 0.25) is 0 Å². The molecule has 1 aromatic carbocycles. The maximum absolute atomic E-state index is 12.5. The fourth-order valence-electron chi connectivity index (χ4n) is 5.66. The van der Waals surface area contributed by atoms with E-state index in [-0.39, 0.29) is 5.56 Å². The van der Waals surface area contributed by atoms with Crippen molar-refractivity contribution in [3.05, 3.63) is 62.7 Å². The van der Waals surface area contributed by atoms with E-state index in [0.717, 1.165) is 73.3 Å². The number of aryl methyl sites for hydroxylation is 2. The zero-order chi connectivity index (χ0) is 24.5. The lowest BCUT2D eigenvalue weighted by Gasteiger charge is -2.32. The van der Waals surface area contributed by atoms with Crippen LogP contribution >= 0.6 is 0 Å². The molecule has 1 saturated carbocycles. The number of aliphatic hydroxyl groups is 1. The summed E-state index contributed by atoms with van der Waals surface area (Å²) in [5, 5.41) is 20.2. The summed E-state index contributed by atoms with van der Waals surface area (Å²) in [7, 11) is 2.17. The van der Waals surface area contributed by atoms with Crippen molar-refractivity contribution >= 4 is 10.9 Å². The molecule has 1 unspecified atom stereocenters. The summed E-state index contributed by atoms with van der Waals surface area (Å²) in [5.41, 5.74) is 5.44. The lowest BCUT2D eigenvalue weighted by Crippen LogP contribution is -2.43. The number of pyridine rings is 1. The number of rotatable bonds is 7. The Labute approximate surface area is 206 Å². The molecule has 0 spiro atoms. The Morgan fingerprint density at radius 1 is 1.14 bits per heavy atom. The average molecular weight is 479 g/mol. The molecule has 35 heavy (non-hydrogen) atoms. The molecule has 1 atom stereocenters. The Kier molecular flexibility index (Phi) is 7.07. The van der Waals surface area contributed by atoms with Gasteiger partial charge in [0, 0.05) is 61.5 Å². The summed E-state index contributed by atoms with van der Waals surface area (Å²) in [4.78, 5) is 20.2. The molecule has 3 heterocycles. The van der Waals surface area contributed by atoms with E-state index >= 15 is 0 Å². The van der Waals surface area contributed by atoms with Crippen molar-refractivity contribution in [3.63, 3.8) is 0 Å². The van der Waals surface area contributed by atoms with Crippen LogP contribution in [0.1, 0.15) is 65.9 Å². The number of aromatic nitrogens is 3. The molecule has 2 fully saturated rings. The summed E-state index contributed by atoms with van der Waals surface area (Å²) >= 11 is 0. The molecule has 1 aliphatic heterocycles. The van der Waals surface area contributed by atoms with Crippen molar-refractivity contribution in [3.8, 4) is 0 Å². The van der Waals surface area contributed by atoms with E-state index in [0.29, 0.717) is 18.2 Å². The topological polar surface area (TPSA) is 89.4 Å². The molecule has 3 N–H and O–H groups in total. The molecule has 2 aliphatic rings. The first kappa shape index (κ1) is 24.2. The standard InChI is InChI=1S/C27H38N6O2/c1-18-12-19(2)30-27(35)23(18)15-28-26(34)22-13-20(17-32-10-8-31(3)9-11-32)14-25-24(22)16-29-33(25)21-6-4-5-7-21/h12-14,16,21,26,28,34H,4-11,15,17H2,1-3H3,(H,30,35). The van der Waals surface area contributed by atoms with Crippen LogP contribution in [0.15, 0.2) is 29.2 Å². The third kappa shape index (κ3) is 5.21. The molecule has 188 valence electrons. The van der Waals surface area contributed by atoms with Gasteiger partial charge in [0.05, 0.1) is 17.8 Å². The third-order valence-corrected chi connectivity index (χ3v) is 7.74. The molecule has 1 saturated heterocycles. The molecule has 0 bridgehead atoms. The van der Waals surface area contributed by atoms with Crippen LogP contribution in [0.4, 0.5) is 0 Å². The molecule has 2 aromatic heterocycles. The summed E-state index contributed by atoms with van der Waals surface area (Å²) < 4.78 is 2.18. The van der Waals surface area contributed by atoms with E-state index in [4.69, 9.17) is 5.10 Å². The zero-order valence-electron chi connectivity index (χ0n) is 21.2. The quantitative estimate of drug-likeness (QED) is 0.453. The maximum Gasteiger partial charge on any atom is 0.252 e. The fourth-order valence-corrected chi connectivity index (χ4v) is 5.66. The smallest absolute Gasteiger partial charge is 0.252 e. The molecule has 0 radical (unpaired) electrons. The van der Waals surface area contributed by atoms with Crippen LogP contribution in [0.25, 0.3) is 10.9 Å². The van der Waals surface area contributed by atoms with Gasteiger partial charge < -0.3 is 15.0 Å². The molecule has 0 amide bonds. The summed E-state index contributed by atoms with van der Waals surface area (Å²) in [6.45, 7) is 9.20. The van der Waals surface area contributed by atoms with Crippen molar-refractivity contribution in [2.45, 2.75) is 64.9 Å². The predicted molar refractivity (Wildman–Crippen MR) is 138 cm³/mol. The minimum absolute atomic E-state index is 0.106. The molecule has 3 aromatic rings. The van der Waals surface area contributed by atoms with Crippen LogP contribution in [-0.2, 0) is 13.1 Å². The largest absolute Gasteiger partial charge is 0.374 e. The fraction of sp³-hybridized carbons (Fsp3) is 0.556. The molecular formula is C27H38N6O2. The molecule has 8 nitrogen and oxygen atoms in total. The Morgan fingerprint density at radius 3 is 2.60 bits per heavy atom. The van der Waals surface area contributed by atoms with E-state index in [1.165, 1.54) is 18.4 Å². The van der Waals surface area contributed by atoms with E-state index in [1.807, 2.05) is 26.1 Å². The van der Waals surface area contributed by atoms with Crippen molar-refractivity contribution < 1.29 is 5.11 Å². The molecule has 5 rings (SSSR count). The van der Waals surface area contributed by atoms with Crippen LogP contribution in [0.5, 0.6) is 0 Å². The van der Waals surface area contributed by atoms with Crippen LogP contribution in [-0.4, -0.2) is 62.9 Å². The Balaban J connectivity index is 1.45. The van der Waals surface area contributed by atoms with Gasteiger partial charge >= 0.3 is 0 Å². The second-order valence-corrected chi connectivity index (χ2v) is 10.5. The normalized spacial score (nSPS) is 19.1. The number of fused-ring (bicyclic) bond motifs is 1. The second kappa shape index (κ2) is 10.2. The number of benzene rings is 1. The van der Waals surface area contributed by atoms with E-state index < -0.39 is 6.23 Å². The van der Waals surface area contributed by atoms with Gasteiger partial charge in [-0.05, 0) is 63.1 Å². The lowest BCUT2D eigenvalue weighted by molar-refractivity contribution is 0.137. The highest BCUT2D eigenvalue weighted by molar-refractivity contribution is 5.83. The number of nitrogens with zero attached hydrogens (tertiary/aromatic N) is 4. The highest BCUT2D eigenvalue weighted by atomic mass is 16.3. The van der Waals surface area contributed by atoms with Crippen LogP contribution in [0.3, 0.4) is 0 Å². The highest BCUT2D eigenvalue weighted by Gasteiger charge is 2.23. The van der Waals surface area contributed by atoms with E-state index in [1.54, 1.807) is 0 Å². The van der Waals surface area contributed by atoms with Gasteiger partial charge in [0.2, 0.25) is 0 Å². The van der Waals surface area contributed by atoms with Gasteiger partial charge in [-0.2, -0.15) is 5.10 Å². The number of H-pyrrole nitrogens is 1. The van der Waals surface area contributed by atoms with E-state index in [9.17, 15) is 9.90 Å². The first-order valence-electron chi connectivity index (χ1n) is 12.9. The molecule has 8 heteroatoms. The third-order valence-electron chi connectivity index (χ3n) is 7.74. The maximum atomic E-state index is 12.5. The zero-order valence-corrected chi connectivity index (χ0v) is 21.2. The highest BCUT2D eigenvalue weighted by Crippen LogP contribution is 2.34. The van der Waals surface area contributed by atoms with Gasteiger partial charge in [0.25, 0.3) is 5.56 Å². The number of likely N-dealkylation sites (N-methyl/N-ethyl adjacent to an activating group) is 1. The van der Waals surface area contributed by atoms with Crippen LogP contribution in [0, 0.1) is 13.8 Å². The number of aliphatic hydroxyl groups excluding tert-OH is 1. The monoisotopic (exact) mass is 478 g/mol. The van der Waals surface area contributed by atoms with Crippen LogP contribution < -0.4 is 10.9 Å². The van der Waals surface area contributed by atoms with Gasteiger partial charge in [-0.3, -0.25) is 19.7 Å². The summed E-state index contributed by atoms with van der Waals surface area (Å²) in [6, 6.07) is 6.78. The number of nitrogens with one attached hydrogen (secondary N) is 2. The predicted octanol–water partition coefficient (Wildman–Crippen LogP) is 2.98. The first-order chi connectivity index (χ1) is 16.9. The van der Waals surface area contributed by atoms with Crippen molar-refractivity contribution in [2.24, 2.45) is 0 Å². The number of hydrogen-bond acceptors (Lipinski definition) is 6. The Hall–Kier alpha value is -2.52.